The molecule has 6 atom stereocenters. The monoisotopic (exact) mass is 808 g/mol. The van der Waals surface area contributed by atoms with Gasteiger partial charge >= 0.3 is 5.69 Å². The van der Waals surface area contributed by atoms with Gasteiger partial charge in [-0.3, -0.25) is 24.5 Å². The standard InChI is InChI=1S/C43H45N4O10P/c1-28-26-45(42(49)44-41(28)48)40-25-38(57-58-46-23-7-10-36(46)37(56-58)24-29-11-17-33(18-12-29)47(50)51)39(55-40)27-54-43(30-8-5-4-6-9-30,31-13-19-34(52-2)20-14-31)32-15-21-35(53-3)22-16-32/h4-6,8-9,11-22,26,36-40H,7,10,23-25,27H2,1-3H3,(H,44,48,49)/t36-,37+,38-,39+,40+,58+/m0/s1. The van der Waals surface area contributed by atoms with Crippen molar-refractivity contribution in [1.82, 2.24) is 14.2 Å². The summed E-state index contributed by atoms with van der Waals surface area (Å²) in [4.78, 5) is 38.8. The number of H-pyrrole nitrogens is 1. The molecular formula is C43H45N4O10P. The summed E-state index contributed by atoms with van der Waals surface area (Å²) in [5.41, 5.74) is 1.76. The number of nitro benzene ring substituents is 1. The number of nitro groups is 1. The van der Waals surface area contributed by atoms with Gasteiger partial charge in [-0.15, -0.1) is 0 Å². The molecule has 0 aliphatic carbocycles. The lowest BCUT2D eigenvalue weighted by Crippen LogP contribution is -2.38. The normalized spacial score (nSPS) is 23.2. The van der Waals surface area contributed by atoms with Crippen molar-refractivity contribution >= 4 is 14.2 Å². The van der Waals surface area contributed by atoms with Crippen molar-refractivity contribution in [3.8, 4) is 11.5 Å². The maximum Gasteiger partial charge on any atom is 0.330 e. The number of aromatic amines is 1. The number of rotatable bonds is 14. The molecule has 0 bridgehead atoms. The number of hydrogen-bond acceptors (Lipinski definition) is 11. The lowest BCUT2D eigenvalue weighted by atomic mass is 9.80. The highest BCUT2D eigenvalue weighted by Gasteiger charge is 2.50. The first-order chi connectivity index (χ1) is 28.2. The molecule has 4 heterocycles. The summed E-state index contributed by atoms with van der Waals surface area (Å²) in [6.07, 6.45) is 2.11. The minimum absolute atomic E-state index is 0.0419. The average Bonchev–Trinajstić information content (AvgIpc) is 3.98. The van der Waals surface area contributed by atoms with Gasteiger partial charge in [0.25, 0.3) is 19.8 Å². The topological polar surface area (TPSA) is 157 Å². The van der Waals surface area contributed by atoms with Crippen LogP contribution in [0.5, 0.6) is 11.5 Å². The van der Waals surface area contributed by atoms with E-state index in [4.69, 9.17) is 28.0 Å². The van der Waals surface area contributed by atoms with Crippen LogP contribution in [0.25, 0.3) is 0 Å². The van der Waals surface area contributed by atoms with E-state index in [1.165, 1.54) is 22.9 Å². The van der Waals surface area contributed by atoms with E-state index in [-0.39, 0.29) is 30.9 Å². The molecule has 1 N–H and O–H groups in total. The highest BCUT2D eigenvalue weighted by Crippen LogP contribution is 2.58. The van der Waals surface area contributed by atoms with Gasteiger partial charge in [-0.05, 0) is 66.3 Å². The molecule has 302 valence electrons. The van der Waals surface area contributed by atoms with Crippen LogP contribution < -0.4 is 20.7 Å². The van der Waals surface area contributed by atoms with Gasteiger partial charge in [0.2, 0.25) is 0 Å². The summed E-state index contributed by atoms with van der Waals surface area (Å²) in [6.45, 7) is 2.49. The molecule has 0 saturated carbocycles. The zero-order valence-corrected chi connectivity index (χ0v) is 33.3. The molecule has 0 spiro atoms. The molecule has 15 heteroatoms. The van der Waals surface area contributed by atoms with E-state index < -0.39 is 48.7 Å². The Labute approximate surface area is 336 Å². The first-order valence-electron chi connectivity index (χ1n) is 19.3. The Hall–Kier alpha value is -5.21. The first kappa shape index (κ1) is 39.6. The van der Waals surface area contributed by atoms with Crippen molar-refractivity contribution in [3.05, 3.63) is 168 Å². The summed E-state index contributed by atoms with van der Waals surface area (Å²) >= 11 is 0. The fourth-order valence-electron chi connectivity index (χ4n) is 8.18. The number of aryl methyl sites for hydroxylation is 1. The van der Waals surface area contributed by atoms with Crippen LogP contribution in [0.3, 0.4) is 0 Å². The molecule has 58 heavy (non-hydrogen) atoms. The number of aromatic nitrogens is 2. The number of fused-ring (bicyclic) bond motifs is 1. The van der Waals surface area contributed by atoms with Crippen LogP contribution in [0.4, 0.5) is 5.69 Å². The second kappa shape index (κ2) is 16.9. The lowest BCUT2D eigenvalue weighted by molar-refractivity contribution is -0.384. The highest BCUT2D eigenvalue weighted by atomic mass is 31.2. The Morgan fingerprint density at radius 2 is 1.52 bits per heavy atom. The van der Waals surface area contributed by atoms with E-state index in [1.54, 1.807) is 33.3 Å². The van der Waals surface area contributed by atoms with Crippen LogP contribution in [-0.2, 0) is 30.5 Å². The van der Waals surface area contributed by atoms with Gasteiger partial charge in [0, 0.05) is 49.3 Å². The Morgan fingerprint density at radius 3 is 2.14 bits per heavy atom. The van der Waals surface area contributed by atoms with Crippen LogP contribution in [0, 0.1) is 17.0 Å². The molecule has 3 aliphatic heterocycles. The second-order valence-corrected chi connectivity index (χ2v) is 16.1. The second-order valence-electron chi connectivity index (χ2n) is 14.7. The Morgan fingerprint density at radius 1 is 0.879 bits per heavy atom. The summed E-state index contributed by atoms with van der Waals surface area (Å²) in [5.74, 6) is 1.40. The Bertz CT molecular complexity index is 2270. The van der Waals surface area contributed by atoms with Gasteiger partial charge in [0.1, 0.15) is 29.4 Å². The van der Waals surface area contributed by atoms with Crippen molar-refractivity contribution in [2.75, 3.05) is 27.4 Å². The Balaban J connectivity index is 1.13. The molecule has 0 radical (unpaired) electrons. The molecule has 14 nitrogen and oxygen atoms in total. The van der Waals surface area contributed by atoms with Crippen molar-refractivity contribution in [3.63, 3.8) is 0 Å². The molecule has 3 saturated heterocycles. The van der Waals surface area contributed by atoms with Crippen LogP contribution in [0.1, 0.15) is 53.3 Å². The predicted molar refractivity (Wildman–Crippen MR) is 216 cm³/mol. The average molecular weight is 809 g/mol. The zero-order valence-electron chi connectivity index (χ0n) is 32.4. The molecular weight excluding hydrogens is 763 g/mol. The molecule has 5 aromatic rings. The van der Waals surface area contributed by atoms with E-state index in [0.717, 1.165) is 41.6 Å². The smallest absolute Gasteiger partial charge is 0.330 e. The fraction of sp³-hybridized carbons (Fsp3) is 0.349. The van der Waals surface area contributed by atoms with Gasteiger partial charge in [-0.25, -0.2) is 9.46 Å². The summed E-state index contributed by atoms with van der Waals surface area (Å²) in [6, 6.07) is 32.2. The van der Waals surface area contributed by atoms with Crippen molar-refractivity contribution in [2.24, 2.45) is 0 Å². The molecule has 0 amide bonds. The number of benzene rings is 4. The molecule has 8 rings (SSSR count). The Kier molecular flexibility index (Phi) is 11.6. The predicted octanol–water partition coefficient (Wildman–Crippen LogP) is 6.78. The maximum atomic E-state index is 13.2. The van der Waals surface area contributed by atoms with Gasteiger partial charge in [0.05, 0.1) is 38.0 Å². The number of nitrogens with one attached hydrogen (secondary N) is 1. The van der Waals surface area contributed by atoms with E-state index in [2.05, 4.69) is 9.65 Å². The fourth-order valence-corrected chi connectivity index (χ4v) is 10.2. The largest absolute Gasteiger partial charge is 0.497 e. The molecule has 0 unspecified atom stereocenters. The summed E-state index contributed by atoms with van der Waals surface area (Å²) in [5, 5.41) is 11.3. The van der Waals surface area contributed by atoms with Crippen molar-refractivity contribution in [2.45, 2.75) is 68.8 Å². The minimum atomic E-state index is -1.55. The summed E-state index contributed by atoms with van der Waals surface area (Å²) in [7, 11) is 1.70. The zero-order chi connectivity index (χ0) is 40.4. The SMILES string of the molecule is COc1ccc(C(OC[C@H]2O[C@@H](n3cc(C)c(=O)[nH]c3=O)C[C@@H]2O[P@@]2O[C@H](Cc3ccc([N+](=O)[O-])cc3)[C@@H]3CCCN32)(c2ccccc2)c2ccc(OC)cc2)cc1. The van der Waals surface area contributed by atoms with Gasteiger partial charge in [0.15, 0.2) is 0 Å². The number of nitrogens with zero attached hydrogens (tertiary/aromatic N) is 3. The highest BCUT2D eigenvalue weighted by molar-refractivity contribution is 7.45. The van der Waals surface area contributed by atoms with Crippen LogP contribution in [0.15, 0.2) is 119 Å². The van der Waals surface area contributed by atoms with Crippen LogP contribution in [0.2, 0.25) is 0 Å². The third kappa shape index (κ3) is 7.83. The molecule has 3 fully saturated rings. The van der Waals surface area contributed by atoms with Gasteiger partial charge in [-0.2, -0.15) is 0 Å². The number of methoxy groups -OCH3 is 2. The maximum absolute atomic E-state index is 13.2. The van der Waals surface area contributed by atoms with Gasteiger partial charge in [-0.1, -0.05) is 66.7 Å². The van der Waals surface area contributed by atoms with Crippen molar-refractivity contribution < 1.29 is 32.9 Å². The lowest BCUT2D eigenvalue weighted by Gasteiger charge is -2.37. The number of hydrogen-bond donors (Lipinski definition) is 1. The quantitative estimate of drug-likeness (QED) is 0.0546. The number of ether oxygens (including phenoxy) is 4. The van der Waals surface area contributed by atoms with Gasteiger partial charge < -0.3 is 28.0 Å². The van der Waals surface area contributed by atoms with E-state index in [1.807, 2.05) is 78.9 Å². The van der Waals surface area contributed by atoms with E-state index in [9.17, 15) is 19.7 Å². The van der Waals surface area contributed by atoms with Crippen LogP contribution in [-0.4, -0.2) is 70.9 Å². The van der Waals surface area contributed by atoms with Crippen molar-refractivity contribution in [1.29, 1.82) is 0 Å². The molecule has 3 aliphatic rings. The number of non-ortho nitro benzene ring substituents is 1. The van der Waals surface area contributed by atoms with E-state index in [0.29, 0.717) is 23.5 Å². The third-order valence-electron chi connectivity index (χ3n) is 11.2. The minimum Gasteiger partial charge on any atom is -0.497 e. The summed E-state index contributed by atoms with van der Waals surface area (Å²) < 4.78 is 42.4. The molecule has 1 aromatic heterocycles. The van der Waals surface area contributed by atoms with Crippen LogP contribution >= 0.6 is 8.53 Å². The molecule has 4 aromatic carbocycles. The first-order valence-corrected chi connectivity index (χ1v) is 20.4. The third-order valence-corrected chi connectivity index (χ3v) is 13.0. The van der Waals surface area contributed by atoms with E-state index >= 15 is 0 Å².